The number of amides is 2. The average molecular weight is 469 g/mol. The normalized spacial score (nSPS) is 26.7. The van der Waals surface area contributed by atoms with Crippen LogP contribution < -0.4 is 10.2 Å². The van der Waals surface area contributed by atoms with E-state index in [1.54, 1.807) is 11.0 Å². The van der Waals surface area contributed by atoms with Gasteiger partial charge in [-0.25, -0.2) is 0 Å². The number of ether oxygens (including phenoxy) is 1. The van der Waals surface area contributed by atoms with Gasteiger partial charge in [0.1, 0.15) is 0 Å². The summed E-state index contributed by atoms with van der Waals surface area (Å²) >= 11 is 0. The van der Waals surface area contributed by atoms with Crippen molar-refractivity contribution in [2.45, 2.75) is 57.2 Å². The molecule has 2 heterocycles. The van der Waals surface area contributed by atoms with Gasteiger partial charge in [-0.3, -0.25) is 9.59 Å². The molecule has 3 N–H and O–H groups in total. The first-order valence-corrected chi connectivity index (χ1v) is 14.4. The lowest BCUT2D eigenvalue weighted by Crippen LogP contribution is -2.46. The first-order chi connectivity index (χ1) is 15.6. The number of aliphatic hydroxyl groups excluding tert-OH is 1. The molecule has 7 nitrogen and oxygen atoms in total. The van der Waals surface area contributed by atoms with E-state index in [0.717, 1.165) is 11.3 Å². The van der Waals surface area contributed by atoms with Crippen LogP contribution in [-0.2, 0) is 26.5 Å². The van der Waals surface area contributed by atoms with Gasteiger partial charge < -0.3 is 24.9 Å². The van der Waals surface area contributed by atoms with Crippen molar-refractivity contribution in [3.63, 3.8) is 0 Å². The van der Waals surface area contributed by atoms with E-state index < -0.39 is 20.0 Å². The number of nitrogens with one attached hydrogen (secondary N) is 1. The molecule has 0 saturated carbocycles. The lowest BCUT2D eigenvalue weighted by atomic mass is 9.82. The quantitative estimate of drug-likeness (QED) is 0.565. The van der Waals surface area contributed by atoms with E-state index in [0.29, 0.717) is 24.2 Å². The second kappa shape index (κ2) is 8.68. The van der Waals surface area contributed by atoms with E-state index in [1.165, 1.54) is 6.92 Å². The molecular formula is C25H32N2O5Si. The third kappa shape index (κ3) is 4.01. The van der Waals surface area contributed by atoms with Crippen LogP contribution in [0.4, 0.5) is 11.4 Å². The van der Waals surface area contributed by atoms with E-state index in [2.05, 4.69) is 5.32 Å². The number of carbonyl (C=O) groups is 2. The Hall–Kier alpha value is -2.52. The molecule has 1 fully saturated rings. The zero-order valence-corrected chi connectivity index (χ0v) is 20.5. The summed E-state index contributed by atoms with van der Waals surface area (Å²) in [5.74, 6) is -0.673. The van der Waals surface area contributed by atoms with Gasteiger partial charge >= 0.3 is 0 Å². The van der Waals surface area contributed by atoms with E-state index >= 15 is 0 Å². The molecule has 0 bridgehead atoms. The second-order valence-corrected chi connectivity index (χ2v) is 13.6. The van der Waals surface area contributed by atoms with Crippen molar-refractivity contribution in [3.8, 4) is 0 Å². The number of aliphatic hydroxyl groups is 1. The second-order valence-electron chi connectivity index (χ2n) is 9.66. The maximum Gasteiger partial charge on any atom is 0.264 e. The summed E-state index contributed by atoms with van der Waals surface area (Å²) in [6, 6.07) is 15.2. The Bertz CT molecular complexity index is 1050. The lowest BCUT2D eigenvalue weighted by Gasteiger charge is -2.32. The Morgan fingerprint density at radius 3 is 2.52 bits per heavy atom. The minimum Gasteiger partial charge on any atom is -0.432 e. The van der Waals surface area contributed by atoms with Gasteiger partial charge in [0.15, 0.2) is 13.9 Å². The summed E-state index contributed by atoms with van der Waals surface area (Å²) in [7, 11) is -2.74. The number of anilines is 2. The Labute approximate surface area is 195 Å². The van der Waals surface area contributed by atoms with Crippen LogP contribution in [0.15, 0.2) is 48.5 Å². The fourth-order valence-electron chi connectivity index (χ4n) is 5.68. The lowest BCUT2D eigenvalue weighted by molar-refractivity contribution is -0.146. The first-order valence-electron chi connectivity index (χ1n) is 11.4. The molecule has 0 aromatic heterocycles. The maximum absolute atomic E-state index is 14.1. The highest BCUT2D eigenvalue weighted by Gasteiger charge is 2.66. The van der Waals surface area contributed by atoms with E-state index in [4.69, 9.17) is 4.74 Å². The van der Waals surface area contributed by atoms with Crippen LogP contribution in [0, 0.1) is 5.92 Å². The van der Waals surface area contributed by atoms with Crippen LogP contribution in [-0.4, -0.2) is 42.7 Å². The zero-order chi connectivity index (χ0) is 24.0. The minimum absolute atomic E-state index is 0.0881. The highest BCUT2D eigenvalue weighted by atomic mass is 28.4. The standard InChI is InChI=1S/C25H32N2O5Si/c1-16-23(33(3,4)31)22(12-13-28)32-25(16)20-14-19(26-17(2)29)10-11-21(20)27(24(25)30)15-18-8-6-5-7-9-18/h5-11,14,16,22-23,28,31H,12-13,15H2,1-4H3,(H,26,29)/t16-,22+,23-,25+/m1/s1. The topological polar surface area (TPSA) is 99.1 Å². The molecule has 4 rings (SSSR count). The number of rotatable bonds is 6. The molecule has 1 saturated heterocycles. The van der Waals surface area contributed by atoms with Crippen LogP contribution in [0.5, 0.6) is 0 Å². The van der Waals surface area contributed by atoms with Crippen molar-refractivity contribution < 1.29 is 24.2 Å². The molecule has 0 unspecified atom stereocenters. The van der Waals surface area contributed by atoms with Gasteiger partial charge in [-0.15, -0.1) is 0 Å². The van der Waals surface area contributed by atoms with E-state index in [9.17, 15) is 19.5 Å². The van der Waals surface area contributed by atoms with Crippen molar-refractivity contribution >= 4 is 31.5 Å². The molecule has 2 aromatic carbocycles. The number of hydrogen-bond acceptors (Lipinski definition) is 5. The van der Waals surface area contributed by atoms with Gasteiger partial charge in [-0.05, 0) is 43.3 Å². The number of fused-ring (bicyclic) bond motifs is 2. The van der Waals surface area contributed by atoms with Gasteiger partial charge in [0.05, 0.1) is 18.3 Å². The largest absolute Gasteiger partial charge is 0.432 e. The number of carbonyl (C=O) groups excluding carboxylic acids is 2. The molecule has 2 aliphatic rings. The third-order valence-corrected chi connectivity index (χ3v) is 9.40. The molecular weight excluding hydrogens is 436 g/mol. The van der Waals surface area contributed by atoms with Crippen molar-refractivity contribution in [1.29, 1.82) is 0 Å². The molecule has 33 heavy (non-hydrogen) atoms. The Balaban J connectivity index is 1.86. The number of hydrogen-bond donors (Lipinski definition) is 3. The highest BCUT2D eigenvalue weighted by molar-refractivity contribution is 6.71. The molecule has 8 heteroatoms. The van der Waals surface area contributed by atoms with Crippen LogP contribution >= 0.6 is 0 Å². The summed E-state index contributed by atoms with van der Waals surface area (Å²) in [5, 5.41) is 12.5. The van der Waals surface area contributed by atoms with Crippen molar-refractivity contribution in [1.82, 2.24) is 0 Å². The molecule has 0 radical (unpaired) electrons. The minimum atomic E-state index is -2.74. The van der Waals surface area contributed by atoms with Crippen LogP contribution in [0.25, 0.3) is 0 Å². The van der Waals surface area contributed by atoms with Crippen LogP contribution in [0.3, 0.4) is 0 Å². The van der Waals surface area contributed by atoms with Gasteiger partial charge in [0.2, 0.25) is 5.91 Å². The maximum atomic E-state index is 14.1. The molecule has 2 aliphatic heterocycles. The number of benzene rings is 2. The van der Waals surface area contributed by atoms with Crippen LogP contribution in [0.1, 0.15) is 31.4 Å². The van der Waals surface area contributed by atoms with Crippen molar-refractivity contribution in [3.05, 3.63) is 59.7 Å². The fourth-order valence-corrected chi connectivity index (χ4v) is 8.28. The van der Waals surface area contributed by atoms with Gasteiger partial charge in [0.25, 0.3) is 5.91 Å². The molecule has 2 amide bonds. The summed E-state index contributed by atoms with van der Waals surface area (Å²) in [6.45, 7) is 7.42. The molecule has 4 atom stereocenters. The van der Waals surface area contributed by atoms with Gasteiger partial charge in [0, 0.05) is 36.2 Å². The summed E-state index contributed by atoms with van der Waals surface area (Å²) in [6.07, 6.45) is -0.0879. The molecule has 2 aromatic rings. The highest BCUT2D eigenvalue weighted by Crippen LogP contribution is 2.60. The summed E-state index contributed by atoms with van der Waals surface area (Å²) < 4.78 is 6.58. The average Bonchev–Trinajstić information content (AvgIpc) is 3.16. The smallest absolute Gasteiger partial charge is 0.264 e. The Kier molecular flexibility index (Phi) is 6.22. The summed E-state index contributed by atoms with van der Waals surface area (Å²) in [4.78, 5) is 38.7. The predicted octanol–water partition coefficient (Wildman–Crippen LogP) is 3.37. The summed E-state index contributed by atoms with van der Waals surface area (Å²) in [5.41, 5.74) is 1.51. The third-order valence-electron chi connectivity index (χ3n) is 6.90. The monoisotopic (exact) mass is 468 g/mol. The van der Waals surface area contributed by atoms with Crippen molar-refractivity contribution in [2.75, 3.05) is 16.8 Å². The van der Waals surface area contributed by atoms with E-state index in [-0.39, 0.29) is 29.9 Å². The van der Waals surface area contributed by atoms with Gasteiger partial charge in [-0.2, -0.15) is 0 Å². The predicted molar refractivity (Wildman–Crippen MR) is 129 cm³/mol. The van der Waals surface area contributed by atoms with Gasteiger partial charge in [-0.1, -0.05) is 37.3 Å². The number of nitrogens with zero attached hydrogens (tertiary/aromatic N) is 1. The first kappa shape index (κ1) is 23.6. The molecule has 176 valence electrons. The van der Waals surface area contributed by atoms with Crippen molar-refractivity contribution in [2.24, 2.45) is 5.92 Å². The Morgan fingerprint density at radius 2 is 1.91 bits per heavy atom. The molecule has 1 spiro atoms. The SMILES string of the molecule is CC(=O)Nc1ccc2c(c1)[C@]1(O[C@@H](CCO)[C@H]([Si](C)(C)O)[C@H]1C)C(=O)N2Cc1ccccc1. The van der Waals surface area contributed by atoms with E-state index in [1.807, 2.05) is 62.5 Å². The van der Waals surface area contributed by atoms with Crippen LogP contribution in [0.2, 0.25) is 18.6 Å². The zero-order valence-electron chi connectivity index (χ0n) is 19.5. The Morgan fingerprint density at radius 1 is 1.21 bits per heavy atom. The fraction of sp³-hybridized carbons (Fsp3) is 0.440. The molecule has 0 aliphatic carbocycles.